The van der Waals surface area contributed by atoms with Crippen LogP contribution in [0.5, 0.6) is 0 Å². The van der Waals surface area contributed by atoms with Crippen LogP contribution in [0.3, 0.4) is 0 Å². The lowest BCUT2D eigenvalue weighted by Gasteiger charge is -1.95. The average Bonchev–Trinajstić information content (AvgIpc) is 2.82. The number of hydrogen-bond donors (Lipinski definition) is 0. The second kappa shape index (κ2) is 9.14. The van der Waals surface area contributed by atoms with Crippen LogP contribution in [0.25, 0.3) is 6.08 Å². The maximum atomic E-state index is 11.3. The number of ether oxygens (including phenoxy) is 1. The minimum atomic E-state index is -0.298. The van der Waals surface area contributed by atoms with Crippen molar-refractivity contribution in [3.8, 4) is 0 Å². The van der Waals surface area contributed by atoms with Gasteiger partial charge in [-0.05, 0) is 51.5 Å². The van der Waals surface area contributed by atoms with E-state index in [-0.39, 0.29) is 5.97 Å². The normalized spacial score (nSPS) is 13.3. The second-order valence-electron chi connectivity index (χ2n) is 4.69. The Balaban J connectivity index is 2.56. The van der Waals surface area contributed by atoms with Crippen molar-refractivity contribution in [3.63, 3.8) is 0 Å². The summed E-state index contributed by atoms with van der Waals surface area (Å²) in [6, 6.07) is 4.23. The van der Waals surface area contributed by atoms with E-state index in [1.807, 2.05) is 32.1 Å². The molecule has 21 heavy (non-hydrogen) atoms. The van der Waals surface area contributed by atoms with Gasteiger partial charge in [0.1, 0.15) is 0 Å². The molecule has 1 heterocycles. The number of rotatable bonds is 6. The van der Waals surface area contributed by atoms with Gasteiger partial charge >= 0.3 is 5.97 Å². The van der Waals surface area contributed by atoms with E-state index in [1.54, 1.807) is 18.3 Å². The van der Waals surface area contributed by atoms with Crippen LogP contribution < -0.4 is 0 Å². The van der Waals surface area contributed by atoms with Gasteiger partial charge in [0.05, 0.1) is 6.61 Å². The summed E-state index contributed by atoms with van der Waals surface area (Å²) in [6.45, 7) is 8.22. The molecule has 112 valence electrons. The van der Waals surface area contributed by atoms with E-state index < -0.39 is 0 Å². The molecule has 3 heteroatoms. The molecule has 0 amide bonds. The smallest absolute Gasteiger partial charge is 0.330 e. The molecule has 0 saturated heterocycles. The Morgan fingerprint density at radius 2 is 2.00 bits per heavy atom. The number of thiophene rings is 1. The molecular formula is C18H22O2S. The summed E-state index contributed by atoms with van der Waals surface area (Å²) < 4.78 is 4.85. The SMILES string of the molecule is CCOC(=O)C=C(C)C=CC=C(C)C=Cc1ccc(C)s1. The highest BCUT2D eigenvalue weighted by atomic mass is 32.1. The Hall–Kier alpha value is -1.87. The molecule has 2 nitrogen and oxygen atoms in total. The molecule has 1 aromatic heterocycles. The van der Waals surface area contributed by atoms with Crippen molar-refractivity contribution in [1.82, 2.24) is 0 Å². The van der Waals surface area contributed by atoms with Crippen LogP contribution in [0.1, 0.15) is 30.5 Å². The van der Waals surface area contributed by atoms with Crippen LogP contribution in [0, 0.1) is 6.92 Å². The number of carbonyl (C=O) groups is 1. The molecule has 1 aromatic rings. The molecule has 0 fully saturated rings. The van der Waals surface area contributed by atoms with Crippen LogP contribution in [0.15, 0.2) is 53.7 Å². The molecule has 0 aromatic carbocycles. The molecular weight excluding hydrogens is 280 g/mol. The summed E-state index contributed by atoms with van der Waals surface area (Å²) in [4.78, 5) is 13.8. The van der Waals surface area contributed by atoms with Crippen LogP contribution in [0.2, 0.25) is 0 Å². The van der Waals surface area contributed by atoms with Gasteiger partial charge in [0.2, 0.25) is 0 Å². The van der Waals surface area contributed by atoms with Gasteiger partial charge in [-0.25, -0.2) is 4.79 Å². The quantitative estimate of drug-likeness (QED) is 0.416. The predicted octanol–water partition coefficient (Wildman–Crippen LogP) is 5.08. The molecule has 0 aliphatic rings. The van der Waals surface area contributed by atoms with Gasteiger partial charge < -0.3 is 4.74 Å². The molecule has 0 N–H and O–H groups in total. The molecule has 0 unspecified atom stereocenters. The van der Waals surface area contributed by atoms with E-state index in [4.69, 9.17) is 4.74 Å². The lowest BCUT2D eigenvalue weighted by Crippen LogP contribution is -1.99. The molecule has 0 aliphatic heterocycles. The van der Waals surface area contributed by atoms with E-state index in [0.29, 0.717) is 6.61 Å². The van der Waals surface area contributed by atoms with Crippen molar-refractivity contribution < 1.29 is 9.53 Å². The third kappa shape index (κ3) is 7.47. The molecule has 0 atom stereocenters. The van der Waals surface area contributed by atoms with E-state index >= 15 is 0 Å². The fourth-order valence-corrected chi connectivity index (χ4v) is 2.36. The Labute approximate surface area is 131 Å². The van der Waals surface area contributed by atoms with Gasteiger partial charge in [0.15, 0.2) is 0 Å². The monoisotopic (exact) mass is 302 g/mol. The molecule has 1 rings (SSSR count). The Kier molecular flexibility index (Phi) is 7.48. The first-order valence-corrected chi connectivity index (χ1v) is 7.77. The zero-order valence-corrected chi connectivity index (χ0v) is 13.9. The van der Waals surface area contributed by atoms with E-state index in [0.717, 1.165) is 11.1 Å². The standard InChI is InChI=1S/C18H22O2S/c1-5-20-18(19)13-15(3)8-6-7-14(2)9-11-17-12-10-16(4)21-17/h6-13H,5H2,1-4H3. The number of aryl methyl sites for hydroxylation is 1. The second-order valence-corrected chi connectivity index (χ2v) is 6.01. The van der Waals surface area contributed by atoms with Crippen molar-refractivity contribution in [2.45, 2.75) is 27.7 Å². The first-order chi connectivity index (χ1) is 10.0. The van der Waals surface area contributed by atoms with Crippen LogP contribution in [-0.2, 0) is 9.53 Å². The first kappa shape index (κ1) is 17.2. The minimum Gasteiger partial charge on any atom is -0.463 e. The summed E-state index contributed by atoms with van der Waals surface area (Å²) in [6.07, 6.45) is 11.5. The van der Waals surface area contributed by atoms with Gasteiger partial charge in [-0.15, -0.1) is 11.3 Å². The number of allylic oxidation sites excluding steroid dienone is 6. The van der Waals surface area contributed by atoms with E-state index in [9.17, 15) is 4.79 Å². The minimum absolute atomic E-state index is 0.298. The Bertz CT molecular complexity index is 586. The zero-order valence-electron chi connectivity index (χ0n) is 13.1. The fraction of sp³-hybridized carbons (Fsp3) is 0.278. The maximum Gasteiger partial charge on any atom is 0.330 e. The summed E-state index contributed by atoms with van der Waals surface area (Å²) >= 11 is 1.78. The topological polar surface area (TPSA) is 26.3 Å². The largest absolute Gasteiger partial charge is 0.463 e. The number of hydrogen-bond acceptors (Lipinski definition) is 3. The first-order valence-electron chi connectivity index (χ1n) is 6.96. The fourth-order valence-electron chi connectivity index (χ4n) is 1.58. The summed E-state index contributed by atoms with van der Waals surface area (Å²) in [5.74, 6) is -0.298. The van der Waals surface area contributed by atoms with Crippen LogP contribution >= 0.6 is 11.3 Å². The van der Waals surface area contributed by atoms with Crippen molar-refractivity contribution in [3.05, 3.63) is 63.4 Å². The molecule has 0 saturated carbocycles. The average molecular weight is 302 g/mol. The van der Waals surface area contributed by atoms with Gasteiger partial charge in [-0.2, -0.15) is 0 Å². The van der Waals surface area contributed by atoms with E-state index in [2.05, 4.69) is 31.2 Å². The van der Waals surface area contributed by atoms with Gasteiger partial charge in [0, 0.05) is 15.8 Å². The molecule has 0 aliphatic carbocycles. The third-order valence-electron chi connectivity index (χ3n) is 2.62. The summed E-state index contributed by atoms with van der Waals surface area (Å²) in [7, 11) is 0. The maximum absolute atomic E-state index is 11.3. The van der Waals surface area contributed by atoms with Gasteiger partial charge in [-0.1, -0.05) is 29.9 Å². The van der Waals surface area contributed by atoms with Crippen LogP contribution in [-0.4, -0.2) is 12.6 Å². The molecule has 0 bridgehead atoms. The molecule has 0 spiro atoms. The van der Waals surface area contributed by atoms with E-state index in [1.165, 1.54) is 15.8 Å². The highest BCUT2D eigenvalue weighted by molar-refractivity contribution is 7.12. The van der Waals surface area contributed by atoms with Crippen molar-refractivity contribution >= 4 is 23.4 Å². The van der Waals surface area contributed by atoms with Gasteiger partial charge in [-0.3, -0.25) is 0 Å². The third-order valence-corrected chi connectivity index (χ3v) is 3.59. The van der Waals surface area contributed by atoms with Crippen molar-refractivity contribution in [2.24, 2.45) is 0 Å². The summed E-state index contributed by atoms with van der Waals surface area (Å²) in [5.41, 5.74) is 2.02. The van der Waals surface area contributed by atoms with Crippen molar-refractivity contribution in [2.75, 3.05) is 6.61 Å². The Morgan fingerprint density at radius 1 is 1.24 bits per heavy atom. The number of esters is 1. The number of carbonyl (C=O) groups excluding carboxylic acids is 1. The highest BCUT2D eigenvalue weighted by Crippen LogP contribution is 2.17. The lowest BCUT2D eigenvalue weighted by atomic mass is 10.2. The molecule has 0 radical (unpaired) electrons. The van der Waals surface area contributed by atoms with Gasteiger partial charge in [0.25, 0.3) is 0 Å². The lowest BCUT2D eigenvalue weighted by molar-refractivity contribution is -0.137. The van der Waals surface area contributed by atoms with Crippen molar-refractivity contribution in [1.29, 1.82) is 0 Å². The summed E-state index contributed by atoms with van der Waals surface area (Å²) in [5, 5.41) is 0. The highest BCUT2D eigenvalue weighted by Gasteiger charge is 1.94. The zero-order chi connectivity index (χ0) is 15.7. The van der Waals surface area contributed by atoms with Crippen LogP contribution in [0.4, 0.5) is 0 Å². The predicted molar refractivity (Wildman–Crippen MR) is 91.4 cm³/mol. The Morgan fingerprint density at radius 3 is 2.62 bits per heavy atom.